The molecule has 0 radical (unpaired) electrons. The molecule has 4 aromatic carbocycles. The predicted octanol–water partition coefficient (Wildman–Crippen LogP) is 3.30. The number of carbonyl (C=O) groups excluding carboxylic acids is 2. The van der Waals surface area contributed by atoms with Crippen LogP contribution in [0.25, 0.3) is 0 Å². The first-order valence-corrected chi connectivity index (χ1v) is 16.5. The van der Waals surface area contributed by atoms with E-state index in [0.717, 1.165) is 11.1 Å². The molecular weight excluding hydrogens is 678 g/mol. The van der Waals surface area contributed by atoms with Crippen LogP contribution in [-0.2, 0) is 17.4 Å². The molecule has 0 fully saturated rings. The second kappa shape index (κ2) is 18.7. The van der Waals surface area contributed by atoms with Gasteiger partial charge in [-0.2, -0.15) is 0 Å². The summed E-state index contributed by atoms with van der Waals surface area (Å²) >= 11 is 0. The number of Topliss-reactive ketones (excluding diaryl/α,β-unsaturated/α-hetero) is 2. The zero-order valence-electron chi connectivity index (χ0n) is 29.1. The van der Waals surface area contributed by atoms with Crippen LogP contribution in [0, 0.1) is 0 Å². The van der Waals surface area contributed by atoms with E-state index in [1.165, 1.54) is 64.8 Å². The summed E-state index contributed by atoms with van der Waals surface area (Å²) in [4.78, 5) is 39.0. The predicted molar refractivity (Wildman–Crippen MR) is 179 cm³/mol. The fourth-order valence-corrected chi connectivity index (χ4v) is 5.86. The van der Waals surface area contributed by atoms with Crippen molar-refractivity contribution in [2.75, 3.05) is 42.7 Å². The molecule has 0 heterocycles. The Bertz CT molecular complexity index is 1720. The Morgan fingerprint density at radius 3 is 1.20 bits per heavy atom. The average molecular weight is 717 g/mol. The van der Waals surface area contributed by atoms with E-state index in [9.17, 15) is 19.0 Å². The number of ketones is 2. The molecule has 0 saturated carbocycles. The summed E-state index contributed by atoms with van der Waals surface area (Å²) < 4.78 is 55.2. The van der Waals surface area contributed by atoms with Crippen LogP contribution in [0.1, 0.15) is 44.7 Å². The van der Waals surface area contributed by atoms with Gasteiger partial charge >= 0.3 is 37.4 Å². The van der Waals surface area contributed by atoms with Crippen LogP contribution in [0.4, 0.5) is 0 Å². The maximum atomic E-state index is 13.1. The summed E-state index contributed by atoms with van der Waals surface area (Å²) in [5.41, 5.74) is 2.14. The van der Waals surface area contributed by atoms with Gasteiger partial charge in [0.2, 0.25) is 0 Å². The fraction of sp³-hybridized carbons (Fsp3) is 0.278. The number of benzene rings is 4. The molecule has 0 aliphatic carbocycles. The minimum absolute atomic E-state index is 0. The molecular formula is C36H38NaO12P. The number of carbonyl (C=O) groups is 2. The van der Waals surface area contributed by atoms with Gasteiger partial charge in [0.25, 0.3) is 0 Å². The maximum absolute atomic E-state index is 13.1. The first-order valence-electron chi connectivity index (χ1n) is 15.1. The van der Waals surface area contributed by atoms with Gasteiger partial charge in [0, 0.05) is 37.1 Å². The van der Waals surface area contributed by atoms with E-state index < -0.39 is 7.82 Å². The number of methoxy groups -OCH3 is 6. The van der Waals surface area contributed by atoms with E-state index >= 15 is 0 Å². The summed E-state index contributed by atoms with van der Waals surface area (Å²) in [7, 11) is 3.91. The van der Waals surface area contributed by atoms with Crippen molar-refractivity contribution in [3.8, 4) is 46.0 Å². The summed E-state index contributed by atoms with van der Waals surface area (Å²) in [5.74, 6) is 1.99. The third-order valence-electron chi connectivity index (χ3n) is 7.61. The van der Waals surface area contributed by atoms with Crippen molar-refractivity contribution in [1.82, 2.24) is 0 Å². The standard InChI is InChI=1S/C36H39O12P.Na/c1-41-25-11-7-23(33(19-25)43-3)9-17-31(37)29-15-13-27(21-35(29)45-5)47-49(39,40)48-28-14-16-30(36(22-28)46-6)32(38)18-10-24-8-12-26(42-2)20-34(24)44-4;/h7-8,11-16,19-22H,9-10,17-18H2,1-6H3,(H,39,40);/q;+1/p-1. The van der Waals surface area contributed by atoms with E-state index in [2.05, 4.69) is 0 Å². The van der Waals surface area contributed by atoms with Crippen LogP contribution in [0.15, 0.2) is 72.8 Å². The number of rotatable bonds is 18. The van der Waals surface area contributed by atoms with Gasteiger partial charge in [-0.3, -0.25) is 9.59 Å². The van der Waals surface area contributed by atoms with Crippen LogP contribution in [0.5, 0.6) is 46.0 Å². The van der Waals surface area contributed by atoms with E-state index in [0.29, 0.717) is 35.8 Å². The number of phosphoric ester groups is 1. The molecule has 0 aliphatic rings. The number of hydrogen-bond acceptors (Lipinski definition) is 12. The third-order valence-corrected chi connectivity index (χ3v) is 8.48. The monoisotopic (exact) mass is 716 g/mol. The molecule has 0 aliphatic heterocycles. The van der Waals surface area contributed by atoms with Crippen LogP contribution < -0.4 is 71.9 Å². The Morgan fingerprint density at radius 1 is 0.520 bits per heavy atom. The van der Waals surface area contributed by atoms with Gasteiger partial charge < -0.3 is 42.4 Å². The summed E-state index contributed by atoms with van der Waals surface area (Å²) in [5, 5.41) is 0. The molecule has 0 unspecified atom stereocenters. The quantitative estimate of drug-likeness (QED) is 0.0846. The number of phosphoric acid groups is 1. The molecule has 0 aromatic heterocycles. The molecule has 0 saturated heterocycles. The van der Waals surface area contributed by atoms with Crippen LogP contribution >= 0.6 is 7.82 Å². The summed E-state index contributed by atoms with van der Waals surface area (Å²) in [6.45, 7) is 0. The fourth-order valence-electron chi connectivity index (χ4n) is 5.08. The second-order valence-corrected chi connectivity index (χ2v) is 11.8. The minimum atomic E-state index is -4.99. The number of hydrogen-bond donors (Lipinski definition) is 0. The van der Waals surface area contributed by atoms with Crippen molar-refractivity contribution >= 4 is 19.4 Å². The Hall–Kier alpha value is -4.19. The van der Waals surface area contributed by atoms with Crippen LogP contribution in [0.2, 0.25) is 0 Å². The van der Waals surface area contributed by atoms with Gasteiger partial charge in [0.05, 0.1) is 53.8 Å². The van der Waals surface area contributed by atoms with E-state index in [4.69, 9.17) is 37.5 Å². The molecule has 0 bridgehead atoms. The number of aryl methyl sites for hydroxylation is 2. The number of ether oxygens (including phenoxy) is 6. The third kappa shape index (κ3) is 10.4. The van der Waals surface area contributed by atoms with Crippen molar-refractivity contribution in [3.05, 3.63) is 95.1 Å². The average Bonchev–Trinajstić information content (AvgIpc) is 3.11. The van der Waals surface area contributed by atoms with Gasteiger partial charge in [0.15, 0.2) is 11.6 Å². The van der Waals surface area contributed by atoms with Crippen LogP contribution in [-0.4, -0.2) is 54.2 Å². The van der Waals surface area contributed by atoms with E-state index in [-0.39, 0.29) is 88.1 Å². The molecule has 14 heteroatoms. The first-order chi connectivity index (χ1) is 23.5. The second-order valence-electron chi connectivity index (χ2n) is 10.6. The summed E-state index contributed by atoms with van der Waals surface area (Å²) in [6, 6.07) is 18.8. The Kier molecular flexibility index (Phi) is 15.1. The van der Waals surface area contributed by atoms with Crippen molar-refractivity contribution in [1.29, 1.82) is 0 Å². The van der Waals surface area contributed by atoms with Gasteiger partial charge in [0.1, 0.15) is 46.0 Å². The molecule has 260 valence electrons. The zero-order chi connectivity index (χ0) is 35.6. The SMILES string of the molecule is COc1ccc(CCC(=O)c2ccc(OP(=O)([O-])Oc3ccc(C(=O)CCc4ccc(OC)cc4OC)c(OC)c3)cc2OC)c(OC)c1.[Na+]. The molecule has 50 heavy (non-hydrogen) atoms. The largest absolute Gasteiger partial charge is 1.00 e. The Labute approximate surface area is 313 Å². The first kappa shape index (κ1) is 40.2. The van der Waals surface area contributed by atoms with Gasteiger partial charge in [-0.05, 0) is 60.4 Å². The molecule has 4 aromatic rings. The van der Waals surface area contributed by atoms with E-state index in [1.807, 2.05) is 12.1 Å². The molecule has 4 rings (SSSR count). The van der Waals surface area contributed by atoms with Gasteiger partial charge in [-0.1, -0.05) is 12.1 Å². The normalized spacial score (nSPS) is 10.7. The molecule has 0 N–H and O–H groups in total. The maximum Gasteiger partial charge on any atom is 1.00 e. The smallest absolute Gasteiger partial charge is 0.736 e. The molecule has 0 amide bonds. The van der Waals surface area contributed by atoms with Crippen LogP contribution in [0.3, 0.4) is 0 Å². The van der Waals surface area contributed by atoms with Gasteiger partial charge in [-0.25, -0.2) is 4.57 Å². The molecule has 0 atom stereocenters. The Balaban J connectivity index is 0.00000676. The van der Waals surface area contributed by atoms with Gasteiger partial charge in [-0.15, -0.1) is 0 Å². The van der Waals surface area contributed by atoms with Crippen molar-refractivity contribution < 1.29 is 86.1 Å². The molecule has 0 spiro atoms. The van der Waals surface area contributed by atoms with Crippen molar-refractivity contribution in [2.45, 2.75) is 25.7 Å². The Morgan fingerprint density at radius 2 is 0.860 bits per heavy atom. The van der Waals surface area contributed by atoms with Crippen molar-refractivity contribution in [3.63, 3.8) is 0 Å². The van der Waals surface area contributed by atoms with Crippen molar-refractivity contribution in [2.24, 2.45) is 0 Å². The van der Waals surface area contributed by atoms with E-state index in [1.54, 1.807) is 38.5 Å². The minimum Gasteiger partial charge on any atom is -0.736 e. The summed E-state index contributed by atoms with van der Waals surface area (Å²) in [6.07, 6.45) is 1.06. The topological polar surface area (TPSA) is 148 Å². The molecule has 12 nitrogen and oxygen atoms in total. The zero-order valence-corrected chi connectivity index (χ0v) is 32.0.